The lowest BCUT2D eigenvalue weighted by atomic mass is 9.94. The normalized spacial score (nSPS) is 16.9. The van der Waals surface area contributed by atoms with Crippen LogP contribution in [0.25, 0.3) is 0 Å². The molecule has 2 heterocycles. The van der Waals surface area contributed by atoms with Gasteiger partial charge in [-0.3, -0.25) is 0 Å². The first kappa shape index (κ1) is 22.0. The molecule has 1 fully saturated rings. The molecule has 1 aliphatic rings. The Hall–Kier alpha value is -2.30. The van der Waals surface area contributed by atoms with E-state index >= 15 is 0 Å². The summed E-state index contributed by atoms with van der Waals surface area (Å²) in [7, 11) is 0.941. The van der Waals surface area contributed by atoms with Crippen molar-refractivity contribution in [3.8, 4) is 0 Å². The molecule has 1 saturated heterocycles. The average Bonchev–Trinajstić information content (AvgIpc) is 3.40. The Balaban J connectivity index is 2.68. The van der Waals surface area contributed by atoms with Gasteiger partial charge >= 0.3 is 12.1 Å². The molecule has 0 aliphatic carbocycles. The zero-order chi connectivity index (χ0) is 21.1. The predicted molar refractivity (Wildman–Crippen MR) is 87.9 cm³/mol. The van der Waals surface area contributed by atoms with Crippen molar-refractivity contribution in [3.05, 3.63) is 22.5 Å². The SMILES string of the molecule is COC(=O)c1c(C(F)F)nc(C(F)(F)F)c(N=COCC2CO2)c1CC(C)C. The monoisotopic (exact) mass is 410 g/mol. The summed E-state index contributed by atoms with van der Waals surface area (Å²) >= 11 is 0. The Bertz CT molecular complexity index is 746. The maximum atomic E-state index is 13.5. The Kier molecular flexibility index (Phi) is 6.91. The van der Waals surface area contributed by atoms with Crippen LogP contribution in [-0.4, -0.2) is 43.8 Å². The third-order valence-electron chi connectivity index (χ3n) is 3.72. The Labute approximate surface area is 157 Å². The highest BCUT2D eigenvalue weighted by atomic mass is 19.4. The summed E-state index contributed by atoms with van der Waals surface area (Å²) in [4.78, 5) is 18.8. The van der Waals surface area contributed by atoms with Gasteiger partial charge in [-0.05, 0) is 17.9 Å². The third kappa shape index (κ3) is 5.37. The molecule has 0 bridgehead atoms. The van der Waals surface area contributed by atoms with Crippen molar-refractivity contribution < 1.29 is 41.0 Å². The average molecular weight is 410 g/mol. The standard InChI is InChI=1S/C17H19F5N2O4/c1-8(2)4-10-11(16(25)26-3)13(15(18)19)24-14(17(20,21)22)12(10)23-7-27-5-9-6-28-9/h7-9,15H,4-6H2,1-3H3. The summed E-state index contributed by atoms with van der Waals surface area (Å²) < 4.78 is 81.8. The molecule has 1 aromatic rings. The van der Waals surface area contributed by atoms with E-state index in [1.165, 1.54) is 0 Å². The second-order valence-electron chi connectivity index (χ2n) is 6.46. The number of aliphatic imine (C=N–C) groups is 1. The molecule has 156 valence electrons. The Morgan fingerprint density at radius 2 is 2.04 bits per heavy atom. The molecule has 0 aromatic carbocycles. The molecule has 1 aliphatic heterocycles. The number of carbonyl (C=O) groups excluding carboxylic acids is 1. The number of ether oxygens (including phenoxy) is 3. The van der Waals surface area contributed by atoms with Crippen LogP contribution in [0.4, 0.5) is 27.6 Å². The maximum Gasteiger partial charge on any atom is 0.435 e. The van der Waals surface area contributed by atoms with Crippen LogP contribution in [0.3, 0.4) is 0 Å². The van der Waals surface area contributed by atoms with Crippen LogP contribution in [0.15, 0.2) is 4.99 Å². The van der Waals surface area contributed by atoms with Crippen LogP contribution in [0, 0.1) is 5.92 Å². The number of halogens is 5. The highest BCUT2D eigenvalue weighted by Crippen LogP contribution is 2.42. The van der Waals surface area contributed by atoms with Crippen LogP contribution >= 0.6 is 0 Å². The molecule has 1 atom stereocenters. The van der Waals surface area contributed by atoms with Gasteiger partial charge in [0.1, 0.15) is 24.1 Å². The van der Waals surface area contributed by atoms with Crippen LogP contribution in [0.2, 0.25) is 0 Å². The molecule has 11 heteroatoms. The molecule has 1 unspecified atom stereocenters. The second-order valence-corrected chi connectivity index (χ2v) is 6.46. The van der Waals surface area contributed by atoms with E-state index in [-0.39, 0.29) is 30.6 Å². The smallest absolute Gasteiger partial charge is 0.435 e. The Morgan fingerprint density at radius 1 is 1.39 bits per heavy atom. The fourth-order valence-electron chi connectivity index (χ4n) is 2.48. The second kappa shape index (κ2) is 8.80. The highest BCUT2D eigenvalue weighted by molar-refractivity contribution is 5.94. The number of alkyl halides is 5. The van der Waals surface area contributed by atoms with E-state index in [4.69, 9.17) is 9.47 Å². The summed E-state index contributed by atoms with van der Waals surface area (Å²) in [6.45, 7) is 3.87. The van der Waals surface area contributed by atoms with Crippen molar-refractivity contribution in [1.82, 2.24) is 4.98 Å². The minimum absolute atomic E-state index is 0.0801. The Morgan fingerprint density at radius 3 is 2.50 bits per heavy atom. The van der Waals surface area contributed by atoms with Crippen LogP contribution < -0.4 is 0 Å². The summed E-state index contributed by atoms with van der Waals surface area (Å²) in [6, 6.07) is 0. The number of esters is 1. The maximum absolute atomic E-state index is 13.5. The van der Waals surface area contributed by atoms with Gasteiger partial charge in [0.05, 0.1) is 19.3 Å². The van der Waals surface area contributed by atoms with Gasteiger partial charge in [0, 0.05) is 0 Å². The first-order valence-corrected chi connectivity index (χ1v) is 8.32. The number of pyridine rings is 1. The van der Waals surface area contributed by atoms with Crippen molar-refractivity contribution in [2.75, 3.05) is 20.3 Å². The summed E-state index contributed by atoms with van der Waals surface area (Å²) in [5.74, 6) is -1.48. The molecule has 6 nitrogen and oxygen atoms in total. The summed E-state index contributed by atoms with van der Waals surface area (Å²) in [6.07, 6.45) is -8.01. The minimum atomic E-state index is -5.07. The number of carbonyl (C=O) groups is 1. The summed E-state index contributed by atoms with van der Waals surface area (Å²) in [5.41, 5.74) is -4.68. The number of hydrogen-bond donors (Lipinski definition) is 0. The molecule has 0 spiro atoms. The van der Waals surface area contributed by atoms with Gasteiger partial charge in [-0.15, -0.1) is 0 Å². The molecular weight excluding hydrogens is 391 g/mol. The van der Waals surface area contributed by atoms with E-state index in [9.17, 15) is 26.7 Å². The van der Waals surface area contributed by atoms with Gasteiger partial charge < -0.3 is 14.2 Å². The van der Waals surface area contributed by atoms with Gasteiger partial charge in [-0.1, -0.05) is 13.8 Å². The van der Waals surface area contributed by atoms with Crippen molar-refractivity contribution in [2.45, 2.75) is 39.0 Å². The largest absolute Gasteiger partial charge is 0.480 e. The number of aromatic nitrogens is 1. The zero-order valence-corrected chi connectivity index (χ0v) is 15.3. The third-order valence-corrected chi connectivity index (χ3v) is 3.72. The lowest BCUT2D eigenvalue weighted by Gasteiger charge is -2.20. The van der Waals surface area contributed by atoms with E-state index in [1.54, 1.807) is 13.8 Å². The van der Waals surface area contributed by atoms with Gasteiger partial charge in [0.15, 0.2) is 12.1 Å². The zero-order valence-electron chi connectivity index (χ0n) is 15.3. The van der Waals surface area contributed by atoms with Crippen molar-refractivity contribution in [1.29, 1.82) is 0 Å². The lowest BCUT2D eigenvalue weighted by Crippen LogP contribution is -2.19. The van der Waals surface area contributed by atoms with Gasteiger partial charge in [0.25, 0.3) is 6.43 Å². The molecule has 0 amide bonds. The van der Waals surface area contributed by atoms with E-state index in [2.05, 4.69) is 14.7 Å². The van der Waals surface area contributed by atoms with Crippen molar-refractivity contribution >= 4 is 18.1 Å². The molecule has 2 rings (SSSR count). The van der Waals surface area contributed by atoms with E-state index < -0.39 is 41.2 Å². The van der Waals surface area contributed by atoms with E-state index in [0.29, 0.717) is 6.61 Å². The number of rotatable bonds is 8. The van der Waals surface area contributed by atoms with Crippen molar-refractivity contribution in [3.63, 3.8) is 0 Å². The van der Waals surface area contributed by atoms with E-state index in [0.717, 1.165) is 13.5 Å². The lowest BCUT2D eigenvalue weighted by molar-refractivity contribution is -0.140. The first-order chi connectivity index (χ1) is 13.1. The number of epoxide rings is 1. The number of nitrogens with zero attached hydrogens (tertiary/aromatic N) is 2. The molecule has 0 radical (unpaired) electrons. The highest BCUT2D eigenvalue weighted by Gasteiger charge is 2.41. The number of hydrogen-bond acceptors (Lipinski definition) is 6. The molecule has 28 heavy (non-hydrogen) atoms. The molecule has 1 aromatic heterocycles. The minimum Gasteiger partial charge on any atom is -0.480 e. The fourth-order valence-corrected chi connectivity index (χ4v) is 2.48. The molecular formula is C17H19F5N2O4. The van der Waals surface area contributed by atoms with Crippen LogP contribution in [0.1, 0.15) is 47.6 Å². The van der Waals surface area contributed by atoms with Crippen molar-refractivity contribution in [2.24, 2.45) is 10.9 Å². The van der Waals surface area contributed by atoms with Gasteiger partial charge in [-0.2, -0.15) is 13.2 Å². The van der Waals surface area contributed by atoms with Crippen LogP contribution in [-0.2, 0) is 26.8 Å². The summed E-state index contributed by atoms with van der Waals surface area (Å²) in [5, 5.41) is 0. The fraction of sp³-hybridized carbons (Fsp3) is 0.588. The van der Waals surface area contributed by atoms with Crippen LogP contribution in [0.5, 0.6) is 0 Å². The van der Waals surface area contributed by atoms with Gasteiger partial charge in [0.2, 0.25) is 0 Å². The topological polar surface area (TPSA) is 73.3 Å². The molecule has 0 N–H and O–H groups in total. The molecule has 0 saturated carbocycles. The van der Waals surface area contributed by atoms with Gasteiger partial charge in [-0.25, -0.2) is 23.6 Å². The predicted octanol–water partition coefficient (Wildman–Crippen LogP) is 4.10. The van der Waals surface area contributed by atoms with E-state index in [1.807, 2.05) is 0 Å². The first-order valence-electron chi connectivity index (χ1n) is 8.32. The number of methoxy groups -OCH3 is 1. The quantitative estimate of drug-likeness (QED) is 0.212.